The Labute approximate surface area is 83.5 Å². The first-order chi connectivity index (χ1) is 6.59. The number of aryl methyl sites for hydroxylation is 1. The molecule has 2 aromatic rings. The molecule has 1 N–H and O–H groups in total. The van der Waals surface area contributed by atoms with Gasteiger partial charge in [-0.25, -0.2) is 9.37 Å². The molecule has 72 valence electrons. The van der Waals surface area contributed by atoms with Crippen molar-refractivity contribution in [1.82, 2.24) is 9.97 Å². The average molecular weight is 213 g/mol. The zero-order valence-corrected chi connectivity index (χ0v) is 8.02. The van der Waals surface area contributed by atoms with E-state index in [-0.39, 0.29) is 16.2 Å². The van der Waals surface area contributed by atoms with E-state index in [0.717, 1.165) is 0 Å². The fourth-order valence-corrected chi connectivity index (χ4v) is 1.42. The quantitative estimate of drug-likeness (QED) is 0.679. The lowest BCUT2D eigenvalue weighted by molar-refractivity contribution is 0.627. The van der Waals surface area contributed by atoms with Crippen molar-refractivity contribution < 1.29 is 4.39 Å². The van der Waals surface area contributed by atoms with Crippen molar-refractivity contribution in [2.75, 3.05) is 0 Å². The van der Waals surface area contributed by atoms with Crippen LogP contribution in [0.15, 0.2) is 16.9 Å². The highest BCUT2D eigenvalue weighted by Crippen LogP contribution is 2.16. The van der Waals surface area contributed by atoms with Gasteiger partial charge in [-0.05, 0) is 30.2 Å². The van der Waals surface area contributed by atoms with Crippen molar-refractivity contribution in [3.05, 3.63) is 39.2 Å². The van der Waals surface area contributed by atoms with Crippen LogP contribution in [0.2, 0.25) is 5.28 Å². The minimum absolute atomic E-state index is 0.0127. The molecule has 0 saturated heterocycles. The molecule has 5 heteroatoms. The smallest absolute Gasteiger partial charge is 0.259 e. The van der Waals surface area contributed by atoms with E-state index in [1.165, 1.54) is 12.1 Å². The van der Waals surface area contributed by atoms with Gasteiger partial charge in [-0.3, -0.25) is 9.78 Å². The summed E-state index contributed by atoms with van der Waals surface area (Å²) in [5, 5.41) is 0.101. The first-order valence-electron chi connectivity index (χ1n) is 3.94. The molecule has 0 atom stereocenters. The van der Waals surface area contributed by atoms with E-state index in [1.807, 2.05) is 0 Å². The summed E-state index contributed by atoms with van der Waals surface area (Å²) >= 11 is 5.51. The third-order valence-corrected chi connectivity index (χ3v) is 2.16. The predicted molar refractivity (Wildman–Crippen MR) is 52.1 cm³/mol. The van der Waals surface area contributed by atoms with E-state index >= 15 is 0 Å². The lowest BCUT2D eigenvalue weighted by atomic mass is 10.1. The van der Waals surface area contributed by atoms with E-state index in [4.69, 9.17) is 11.6 Å². The Morgan fingerprint density at radius 2 is 2.21 bits per heavy atom. The highest BCUT2D eigenvalue weighted by molar-refractivity contribution is 6.28. The van der Waals surface area contributed by atoms with Crippen LogP contribution in [0.25, 0.3) is 10.9 Å². The summed E-state index contributed by atoms with van der Waals surface area (Å²) in [6.45, 7) is 1.60. The molecular formula is C9H6ClFN2O. The van der Waals surface area contributed by atoms with Crippen LogP contribution in [0.5, 0.6) is 0 Å². The van der Waals surface area contributed by atoms with Gasteiger partial charge in [-0.1, -0.05) is 6.07 Å². The van der Waals surface area contributed by atoms with Gasteiger partial charge < -0.3 is 0 Å². The highest BCUT2D eigenvalue weighted by Gasteiger charge is 2.09. The van der Waals surface area contributed by atoms with Gasteiger partial charge in [-0.2, -0.15) is 0 Å². The Hall–Kier alpha value is -1.42. The molecule has 1 heterocycles. The SMILES string of the molecule is Cc1ccc2c(=O)[nH]c(Cl)nc2c1F. The van der Waals surface area contributed by atoms with Crippen molar-refractivity contribution in [3.8, 4) is 0 Å². The Balaban J connectivity index is 3.03. The van der Waals surface area contributed by atoms with E-state index in [1.54, 1.807) is 6.92 Å². The van der Waals surface area contributed by atoms with Crippen LogP contribution >= 0.6 is 11.6 Å². The molecule has 0 amide bonds. The molecule has 0 fully saturated rings. The van der Waals surface area contributed by atoms with Crippen molar-refractivity contribution in [2.45, 2.75) is 6.92 Å². The Kier molecular flexibility index (Phi) is 2.00. The molecule has 3 nitrogen and oxygen atoms in total. The third kappa shape index (κ3) is 1.28. The summed E-state index contributed by atoms with van der Waals surface area (Å²) in [7, 11) is 0. The maximum atomic E-state index is 13.5. The first kappa shape index (κ1) is 9.15. The minimum Gasteiger partial charge on any atom is -0.297 e. The summed E-state index contributed by atoms with van der Waals surface area (Å²) < 4.78 is 13.5. The van der Waals surface area contributed by atoms with Gasteiger partial charge in [-0.15, -0.1) is 0 Å². The maximum absolute atomic E-state index is 13.5. The van der Waals surface area contributed by atoms with Crippen LogP contribution in [0.1, 0.15) is 5.56 Å². The van der Waals surface area contributed by atoms with Crippen molar-refractivity contribution in [2.24, 2.45) is 0 Å². The third-order valence-electron chi connectivity index (χ3n) is 1.98. The number of hydrogen-bond donors (Lipinski definition) is 1. The number of rotatable bonds is 0. The normalized spacial score (nSPS) is 10.8. The fraction of sp³-hybridized carbons (Fsp3) is 0.111. The molecule has 1 aromatic heterocycles. The van der Waals surface area contributed by atoms with Gasteiger partial charge in [0.25, 0.3) is 5.56 Å². The standard InChI is InChI=1S/C9H6ClFN2O/c1-4-2-3-5-7(6(4)11)12-9(10)13-8(5)14/h2-3H,1H3,(H,12,13,14). The molecule has 2 rings (SSSR count). The molecular weight excluding hydrogens is 207 g/mol. The summed E-state index contributed by atoms with van der Waals surface area (Å²) in [6, 6.07) is 3.05. The molecule has 0 aliphatic rings. The molecule has 0 bridgehead atoms. The van der Waals surface area contributed by atoms with E-state index < -0.39 is 11.4 Å². The van der Waals surface area contributed by atoms with E-state index in [0.29, 0.717) is 5.56 Å². The van der Waals surface area contributed by atoms with Crippen LogP contribution < -0.4 is 5.56 Å². The molecule has 0 saturated carbocycles. The average Bonchev–Trinajstić information content (AvgIpc) is 2.12. The van der Waals surface area contributed by atoms with Gasteiger partial charge in [0.05, 0.1) is 5.39 Å². The van der Waals surface area contributed by atoms with Crippen LogP contribution in [-0.2, 0) is 0 Å². The van der Waals surface area contributed by atoms with Gasteiger partial charge in [0.15, 0.2) is 5.82 Å². The molecule has 0 spiro atoms. The van der Waals surface area contributed by atoms with Crippen LogP contribution in [0.4, 0.5) is 4.39 Å². The van der Waals surface area contributed by atoms with E-state index in [2.05, 4.69) is 9.97 Å². The second kappa shape index (κ2) is 3.06. The van der Waals surface area contributed by atoms with Crippen LogP contribution in [0.3, 0.4) is 0 Å². The predicted octanol–water partition coefficient (Wildman–Crippen LogP) is 2.02. The first-order valence-corrected chi connectivity index (χ1v) is 4.32. The minimum atomic E-state index is -0.504. The second-order valence-corrected chi connectivity index (χ2v) is 3.31. The van der Waals surface area contributed by atoms with Gasteiger partial charge >= 0.3 is 0 Å². The van der Waals surface area contributed by atoms with Crippen molar-refractivity contribution >= 4 is 22.5 Å². The number of hydrogen-bond acceptors (Lipinski definition) is 2. The van der Waals surface area contributed by atoms with Gasteiger partial charge in [0, 0.05) is 0 Å². The molecule has 0 unspecified atom stereocenters. The number of nitrogens with zero attached hydrogens (tertiary/aromatic N) is 1. The van der Waals surface area contributed by atoms with Crippen molar-refractivity contribution in [3.63, 3.8) is 0 Å². The number of halogens is 2. The monoisotopic (exact) mass is 212 g/mol. The molecule has 0 aliphatic heterocycles. The summed E-state index contributed by atoms with van der Waals surface area (Å²) in [4.78, 5) is 17.3. The topological polar surface area (TPSA) is 45.8 Å². The molecule has 14 heavy (non-hydrogen) atoms. The number of aromatic nitrogens is 2. The summed E-state index contributed by atoms with van der Waals surface area (Å²) in [6.07, 6.45) is 0. The largest absolute Gasteiger partial charge is 0.297 e. The van der Waals surface area contributed by atoms with Gasteiger partial charge in [0.2, 0.25) is 5.28 Å². The Morgan fingerprint density at radius 3 is 2.93 bits per heavy atom. The Morgan fingerprint density at radius 1 is 1.50 bits per heavy atom. The maximum Gasteiger partial charge on any atom is 0.259 e. The zero-order valence-electron chi connectivity index (χ0n) is 7.27. The Bertz CT molecular complexity index is 564. The zero-order chi connectivity index (χ0) is 10.3. The highest BCUT2D eigenvalue weighted by atomic mass is 35.5. The van der Waals surface area contributed by atoms with E-state index in [9.17, 15) is 9.18 Å². The summed E-state index contributed by atoms with van der Waals surface area (Å²) in [5.41, 5.74) is 0.0179. The van der Waals surface area contributed by atoms with Crippen molar-refractivity contribution in [1.29, 1.82) is 0 Å². The van der Waals surface area contributed by atoms with Crippen LogP contribution in [0, 0.1) is 12.7 Å². The number of benzene rings is 1. The number of nitrogens with one attached hydrogen (secondary N) is 1. The second-order valence-electron chi connectivity index (χ2n) is 2.95. The number of H-pyrrole nitrogens is 1. The molecule has 0 aliphatic carbocycles. The lowest BCUT2D eigenvalue weighted by Crippen LogP contribution is -2.09. The summed E-state index contributed by atoms with van der Waals surface area (Å²) in [5.74, 6) is -0.504. The molecule has 0 radical (unpaired) electrons. The number of aromatic amines is 1. The van der Waals surface area contributed by atoms with Gasteiger partial charge in [0.1, 0.15) is 5.52 Å². The fourth-order valence-electron chi connectivity index (χ4n) is 1.25. The molecule has 1 aromatic carbocycles. The lowest BCUT2D eigenvalue weighted by Gasteiger charge is -2.00. The number of fused-ring (bicyclic) bond motifs is 1. The van der Waals surface area contributed by atoms with Crippen LogP contribution in [-0.4, -0.2) is 9.97 Å².